The normalized spacial score (nSPS) is 10.5. The van der Waals surface area contributed by atoms with E-state index in [1.165, 1.54) is 0 Å². The van der Waals surface area contributed by atoms with Crippen molar-refractivity contribution in [3.63, 3.8) is 0 Å². The van der Waals surface area contributed by atoms with Crippen molar-refractivity contribution in [1.82, 2.24) is 0 Å². The fourth-order valence-corrected chi connectivity index (χ4v) is 3.03. The van der Waals surface area contributed by atoms with Crippen LogP contribution in [-0.2, 0) is 22.6 Å². The van der Waals surface area contributed by atoms with Gasteiger partial charge in [-0.25, -0.2) is 0 Å². The van der Waals surface area contributed by atoms with Gasteiger partial charge in [-0.3, -0.25) is 4.79 Å². The van der Waals surface area contributed by atoms with E-state index in [2.05, 4.69) is 0 Å². The summed E-state index contributed by atoms with van der Waals surface area (Å²) in [5, 5.41) is 1.31. The molecule has 0 N–H and O–H groups in total. The molecule has 0 radical (unpaired) electrons. The van der Waals surface area contributed by atoms with Gasteiger partial charge in [-0.2, -0.15) is 0 Å². The van der Waals surface area contributed by atoms with Gasteiger partial charge >= 0.3 is 5.97 Å². The number of hydrogen-bond acceptors (Lipinski definition) is 2. The van der Waals surface area contributed by atoms with Crippen LogP contribution in [0.15, 0.2) is 72.8 Å². The average molecular weight is 385 g/mol. The highest BCUT2D eigenvalue weighted by Gasteiger charge is 2.07. The molecule has 0 spiro atoms. The van der Waals surface area contributed by atoms with Crippen LogP contribution in [0.4, 0.5) is 0 Å². The minimum atomic E-state index is -0.198. The monoisotopic (exact) mass is 384 g/mol. The first kappa shape index (κ1) is 18.5. The maximum Gasteiger partial charge on any atom is 0.306 e. The number of carbonyl (C=O) groups excluding carboxylic acids is 1. The standard InChI is InChI=1S/C22H18Cl2O2/c23-19-11-12-21(24)20(14-19)18-9-6-16(7-10-18)8-13-22(25)26-15-17-4-2-1-3-5-17/h1-7,9-12,14H,8,13,15H2. The van der Waals surface area contributed by atoms with Crippen LogP contribution in [0.2, 0.25) is 10.0 Å². The molecule has 0 fully saturated rings. The SMILES string of the molecule is O=C(CCc1ccc(-c2cc(Cl)ccc2Cl)cc1)OCc1ccccc1. The van der Waals surface area contributed by atoms with Crippen molar-refractivity contribution in [3.05, 3.63) is 94.0 Å². The number of ether oxygens (including phenoxy) is 1. The minimum Gasteiger partial charge on any atom is -0.461 e. The summed E-state index contributed by atoms with van der Waals surface area (Å²) >= 11 is 12.3. The Morgan fingerprint density at radius 3 is 2.31 bits per heavy atom. The van der Waals surface area contributed by atoms with Crippen molar-refractivity contribution in [2.45, 2.75) is 19.4 Å². The van der Waals surface area contributed by atoms with Gasteiger partial charge in [-0.15, -0.1) is 0 Å². The first-order chi connectivity index (χ1) is 12.6. The molecule has 0 unspecified atom stereocenters. The molecule has 0 amide bonds. The average Bonchev–Trinajstić information content (AvgIpc) is 2.68. The second-order valence-corrected chi connectivity index (χ2v) is 6.81. The summed E-state index contributed by atoms with van der Waals surface area (Å²) in [6, 6.07) is 23.0. The van der Waals surface area contributed by atoms with E-state index < -0.39 is 0 Å². The smallest absolute Gasteiger partial charge is 0.306 e. The zero-order valence-corrected chi connectivity index (χ0v) is 15.6. The molecule has 132 valence electrons. The molecule has 0 aliphatic heterocycles. The fraction of sp³-hybridized carbons (Fsp3) is 0.136. The Morgan fingerprint density at radius 2 is 1.58 bits per heavy atom. The second-order valence-electron chi connectivity index (χ2n) is 5.97. The molecular weight excluding hydrogens is 367 g/mol. The highest BCUT2D eigenvalue weighted by Crippen LogP contribution is 2.30. The number of esters is 1. The molecule has 3 aromatic rings. The lowest BCUT2D eigenvalue weighted by Gasteiger charge is -2.08. The van der Waals surface area contributed by atoms with Crippen LogP contribution in [0, 0.1) is 0 Å². The van der Waals surface area contributed by atoms with Crippen molar-refractivity contribution in [3.8, 4) is 11.1 Å². The fourth-order valence-electron chi connectivity index (χ4n) is 2.63. The maximum absolute atomic E-state index is 11.9. The summed E-state index contributed by atoms with van der Waals surface area (Å²) in [5.74, 6) is -0.198. The maximum atomic E-state index is 11.9. The third kappa shape index (κ3) is 5.10. The molecule has 0 saturated heterocycles. The van der Waals surface area contributed by atoms with E-state index in [1.807, 2.05) is 60.7 Å². The highest BCUT2D eigenvalue weighted by atomic mass is 35.5. The van der Waals surface area contributed by atoms with Gasteiger partial charge in [0.1, 0.15) is 6.61 Å². The predicted octanol–water partition coefficient (Wildman–Crippen LogP) is 6.34. The summed E-state index contributed by atoms with van der Waals surface area (Å²) in [7, 11) is 0. The molecule has 0 aliphatic carbocycles. The van der Waals surface area contributed by atoms with Crippen LogP contribution in [0.5, 0.6) is 0 Å². The lowest BCUT2D eigenvalue weighted by Crippen LogP contribution is -2.05. The van der Waals surface area contributed by atoms with Crippen LogP contribution in [-0.4, -0.2) is 5.97 Å². The molecule has 0 heterocycles. The summed E-state index contributed by atoms with van der Waals surface area (Å²) in [6.07, 6.45) is 0.987. The van der Waals surface area contributed by atoms with E-state index in [1.54, 1.807) is 12.1 Å². The van der Waals surface area contributed by atoms with Gasteiger partial charge in [0, 0.05) is 22.0 Å². The van der Waals surface area contributed by atoms with E-state index in [4.69, 9.17) is 27.9 Å². The van der Waals surface area contributed by atoms with E-state index in [0.717, 1.165) is 22.3 Å². The van der Waals surface area contributed by atoms with Gasteiger partial charge in [0.2, 0.25) is 0 Å². The Balaban J connectivity index is 1.54. The molecule has 0 atom stereocenters. The minimum absolute atomic E-state index is 0.198. The molecule has 26 heavy (non-hydrogen) atoms. The van der Waals surface area contributed by atoms with E-state index in [9.17, 15) is 4.79 Å². The number of hydrogen-bond donors (Lipinski definition) is 0. The van der Waals surface area contributed by atoms with Crippen molar-refractivity contribution in [2.24, 2.45) is 0 Å². The van der Waals surface area contributed by atoms with Gasteiger partial charge < -0.3 is 4.74 Å². The number of benzene rings is 3. The number of rotatable bonds is 6. The van der Waals surface area contributed by atoms with Crippen LogP contribution < -0.4 is 0 Å². The summed E-state index contributed by atoms with van der Waals surface area (Å²) in [5.41, 5.74) is 3.95. The predicted molar refractivity (Wildman–Crippen MR) is 106 cm³/mol. The Hall–Kier alpha value is -2.29. The molecular formula is C22H18Cl2O2. The lowest BCUT2D eigenvalue weighted by atomic mass is 10.0. The van der Waals surface area contributed by atoms with Crippen LogP contribution in [0.3, 0.4) is 0 Å². The third-order valence-corrected chi connectivity index (χ3v) is 4.62. The van der Waals surface area contributed by atoms with E-state index in [0.29, 0.717) is 29.5 Å². The molecule has 0 aliphatic rings. The van der Waals surface area contributed by atoms with Crippen molar-refractivity contribution >= 4 is 29.2 Å². The molecule has 0 saturated carbocycles. The van der Waals surface area contributed by atoms with Crippen molar-refractivity contribution < 1.29 is 9.53 Å². The van der Waals surface area contributed by atoms with Gasteiger partial charge in [-0.1, -0.05) is 77.8 Å². The quantitative estimate of drug-likeness (QED) is 0.463. The summed E-state index contributed by atoms with van der Waals surface area (Å²) < 4.78 is 5.30. The Morgan fingerprint density at radius 1 is 0.846 bits per heavy atom. The molecule has 2 nitrogen and oxygen atoms in total. The first-order valence-corrected chi connectivity index (χ1v) is 9.11. The van der Waals surface area contributed by atoms with Crippen molar-refractivity contribution in [2.75, 3.05) is 0 Å². The molecule has 0 bridgehead atoms. The number of carbonyl (C=O) groups is 1. The second kappa shape index (κ2) is 8.88. The van der Waals surface area contributed by atoms with Crippen molar-refractivity contribution in [1.29, 1.82) is 0 Å². The molecule has 3 aromatic carbocycles. The van der Waals surface area contributed by atoms with Crippen LogP contribution in [0.1, 0.15) is 17.5 Å². The zero-order valence-electron chi connectivity index (χ0n) is 14.1. The Bertz CT molecular complexity index is 874. The largest absolute Gasteiger partial charge is 0.461 e. The molecule has 0 aromatic heterocycles. The van der Waals surface area contributed by atoms with Gasteiger partial charge in [0.25, 0.3) is 0 Å². The third-order valence-electron chi connectivity index (χ3n) is 4.05. The summed E-state index contributed by atoms with van der Waals surface area (Å²) in [6.45, 7) is 0.311. The topological polar surface area (TPSA) is 26.3 Å². The number of halogens is 2. The highest BCUT2D eigenvalue weighted by molar-refractivity contribution is 6.35. The van der Waals surface area contributed by atoms with E-state index in [-0.39, 0.29) is 5.97 Å². The van der Waals surface area contributed by atoms with Crippen LogP contribution >= 0.6 is 23.2 Å². The summed E-state index contributed by atoms with van der Waals surface area (Å²) in [4.78, 5) is 11.9. The van der Waals surface area contributed by atoms with Gasteiger partial charge in [-0.05, 0) is 41.3 Å². The van der Waals surface area contributed by atoms with Crippen LogP contribution in [0.25, 0.3) is 11.1 Å². The molecule has 4 heteroatoms. The Labute approximate surface area is 163 Å². The zero-order chi connectivity index (χ0) is 18.4. The number of aryl methyl sites for hydroxylation is 1. The lowest BCUT2D eigenvalue weighted by molar-refractivity contribution is -0.144. The van der Waals surface area contributed by atoms with E-state index >= 15 is 0 Å². The first-order valence-electron chi connectivity index (χ1n) is 8.36. The van der Waals surface area contributed by atoms with Gasteiger partial charge in [0.05, 0.1) is 0 Å². The Kier molecular flexibility index (Phi) is 6.32. The molecule has 3 rings (SSSR count). The van der Waals surface area contributed by atoms with Gasteiger partial charge in [0.15, 0.2) is 0 Å².